The van der Waals surface area contributed by atoms with Gasteiger partial charge in [-0.3, -0.25) is 19.6 Å². The van der Waals surface area contributed by atoms with Crippen molar-refractivity contribution in [3.8, 4) is 0 Å². The number of anilines is 1. The molecule has 6 nitrogen and oxygen atoms in total. The first-order valence-corrected chi connectivity index (χ1v) is 10.7. The summed E-state index contributed by atoms with van der Waals surface area (Å²) in [7, 11) is 0. The third kappa shape index (κ3) is 3.76. The lowest BCUT2D eigenvalue weighted by Crippen LogP contribution is -2.36. The van der Waals surface area contributed by atoms with Gasteiger partial charge in [-0.1, -0.05) is 24.3 Å². The molecule has 2 aliphatic heterocycles. The van der Waals surface area contributed by atoms with Gasteiger partial charge in [0, 0.05) is 41.2 Å². The van der Waals surface area contributed by atoms with E-state index in [1.807, 2.05) is 41.4 Å². The van der Waals surface area contributed by atoms with Crippen molar-refractivity contribution in [2.45, 2.75) is 25.4 Å². The van der Waals surface area contributed by atoms with E-state index in [2.05, 4.69) is 15.3 Å². The van der Waals surface area contributed by atoms with Crippen LogP contribution >= 0.6 is 11.3 Å². The molecule has 5 rings (SSSR count). The van der Waals surface area contributed by atoms with Crippen molar-refractivity contribution in [2.24, 2.45) is 4.99 Å². The normalized spacial score (nSPS) is 16.8. The number of aliphatic imine (C=N–C) groups is 1. The van der Waals surface area contributed by atoms with Crippen LogP contribution in [0.3, 0.4) is 0 Å². The molecule has 1 aromatic carbocycles. The molecule has 2 aromatic heterocycles. The van der Waals surface area contributed by atoms with E-state index in [4.69, 9.17) is 0 Å². The summed E-state index contributed by atoms with van der Waals surface area (Å²) >= 11 is 1.56. The summed E-state index contributed by atoms with van der Waals surface area (Å²) in [4.78, 5) is 36.9. The Hall–Kier alpha value is -3.32. The molecule has 0 spiro atoms. The number of fused-ring (bicyclic) bond motifs is 1. The highest BCUT2D eigenvalue weighted by molar-refractivity contribution is 7.16. The molecule has 150 valence electrons. The van der Waals surface area contributed by atoms with Crippen LogP contribution in [0.4, 0.5) is 5.00 Å². The number of benzene rings is 1. The van der Waals surface area contributed by atoms with E-state index >= 15 is 0 Å². The van der Waals surface area contributed by atoms with Crippen LogP contribution in [-0.4, -0.2) is 34.5 Å². The second kappa shape index (κ2) is 7.84. The Labute approximate surface area is 178 Å². The number of thiophene rings is 1. The number of rotatable bonds is 5. The lowest BCUT2D eigenvalue weighted by Gasteiger charge is -2.27. The molecule has 7 heteroatoms. The van der Waals surface area contributed by atoms with E-state index in [-0.39, 0.29) is 17.9 Å². The fourth-order valence-electron chi connectivity index (χ4n) is 3.79. The Morgan fingerprint density at radius 2 is 2.00 bits per heavy atom. The third-order valence-corrected chi connectivity index (χ3v) is 6.53. The van der Waals surface area contributed by atoms with Gasteiger partial charge in [0.05, 0.1) is 13.0 Å². The first-order chi connectivity index (χ1) is 14.7. The highest BCUT2D eigenvalue weighted by Gasteiger charge is 2.32. The van der Waals surface area contributed by atoms with Crippen molar-refractivity contribution in [1.29, 1.82) is 0 Å². The molecule has 0 fully saturated rings. The van der Waals surface area contributed by atoms with E-state index < -0.39 is 0 Å². The highest BCUT2D eigenvalue weighted by atomic mass is 32.1. The van der Waals surface area contributed by atoms with E-state index in [1.165, 1.54) is 5.56 Å². The number of carbonyl (C=O) groups is 2. The SMILES string of the molecule is O=C(Nc1sc2c(c1C1C=N1)CCN(C(=O)Cc1cccnc1)C2)c1ccccc1. The van der Waals surface area contributed by atoms with Gasteiger partial charge in [-0.2, -0.15) is 0 Å². The molecule has 1 unspecified atom stereocenters. The Bertz CT molecular complexity index is 1120. The fourth-order valence-corrected chi connectivity index (χ4v) is 5.09. The molecule has 1 atom stereocenters. The fraction of sp³-hybridized carbons (Fsp3) is 0.217. The standard InChI is InChI=1S/C23H20N4O2S/c28-20(11-15-5-4-9-24-12-15)27-10-8-17-19(14-27)30-23(21(17)18-13-25-18)26-22(29)16-6-2-1-3-7-16/h1-7,9,12-13,18H,8,10-11,14H2,(H,26,29). The average Bonchev–Trinajstić information content (AvgIpc) is 3.55. The maximum absolute atomic E-state index is 12.8. The molecule has 0 radical (unpaired) electrons. The van der Waals surface area contributed by atoms with Crippen molar-refractivity contribution in [2.75, 3.05) is 11.9 Å². The number of carbonyl (C=O) groups excluding carboxylic acids is 2. The number of pyridine rings is 1. The van der Waals surface area contributed by atoms with Gasteiger partial charge in [0.15, 0.2) is 0 Å². The van der Waals surface area contributed by atoms with Gasteiger partial charge in [0.2, 0.25) is 5.91 Å². The minimum atomic E-state index is -0.124. The van der Waals surface area contributed by atoms with Gasteiger partial charge in [-0.25, -0.2) is 0 Å². The van der Waals surface area contributed by atoms with Crippen LogP contribution in [0.5, 0.6) is 0 Å². The molecule has 0 saturated heterocycles. The number of hydrogen-bond acceptors (Lipinski definition) is 5. The summed E-state index contributed by atoms with van der Waals surface area (Å²) in [5.74, 6) is -0.0262. The van der Waals surface area contributed by atoms with Gasteiger partial charge >= 0.3 is 0 Å². The molecule has 2 aliphatic rings. The molecule has 0 bridgehead atoms. The summed E-state index contributed by atoms with van der Waals surface area (Å²) in [6.45, 7) is 1.24. The Balaban J connectivity index is 1.35. The Kier molecular flexibility index (Phi) is 4.88. The quantitative estimate of drug-likeness (QED) is 0.690. The molecule has 3 aromatic rings. The van der Waals surface area contributed by atoms with Gasteiger partial charge in [0.25, 0.3) is 5.91 Å². The van der Waals surface area contributed by atoms with Crippen LogP contribution in [-0.2, 0) is 24.2 Å². The predicted octanol–water partition coefficient (Wildman–Crippen LogP) is 3.65. The van der Waals surface area contributed by atoms with Crippen LogP contribution in [0, 0.1) is 0 Å². The van der Waals surface area contributed by atoms with Gasteiger partial charge in [-0.15, -0.1) is 11.3 Å². The lowest BCUT2D eigenvalue weighted by molar-refractivity contribution is -0.131. The minimum absolute atomic E-state index is 0.0497. The molecule has 4 heterocycles. The van der Waals surface area contributed by atoms with Crippen molar-refractivity contribution in [3.05, 3.63) is 82.0 Å². The molecule has 0 aliphatic carbocycles. The number of aromatic nitrogens is 1. The van der Waals surface area contributed by atoms with Gasteiger partial charge in [-0.05, 0) is 35.7 Å². The number of hydrogen-bond donors (Lipinski definition) is 1. The first kappa shape index (κ1) is 18.7. The van der Waals surface area contributed by atoms with Crippen molar-refractivity contribution < 1.29 is 9.59 Å². The summed E-state index contributed by atoms with van der Waals surface area (Å²) in [6.07, 6.45) is 6.48. The Morgan fingerprint density at radius 1 is 1.17 bits per heavy atom. The smallest absolute Gasteiger partial charge is 0.256 e. The van der Waals surface area contributed by atoms with Crippen LogP contribution < -0.4 is 5.32 Å². The van der Waals surface area contributed by atoms with E-state index in [1.54, 1.807) is 35.9 Å². The zero-order chi connectivity index (χ0) is 20.5. The summed E-state index contributed by atoms with van der Waals surface area (Å²) in [6, 6.07) is 13.0. The lowest BCUT2D eigenvalue weighted by atomic mass is 9.99. The van der Waals surface area contributed by atoms with Crippen molar-refractivity contribution in [1.82, 2.24) is 9.88 Å². The molecule has 1 N–H and O–H groups in total. The summed E-state index contributed by atoms with van der Waals surface area (Å²) < 4.78 is 0. The maximum Gasteiger partial charge on any atom is 0.256 e. The second-order valence-electron chi connectivity index (χ2n) is 7.41. The van der Waals surface area contributed by atoms with Crippen LogP contribution in [0.25, 0.3) is 0 Å². The topological polar surface area (TPSA) is 74.7 Å². The largest absolute Gasteiger partial charge is 0.337 e. The summed E-state index contributed by atoms with van der Waals surface area (Å²) in [5.41, 5.74) is 3.87. The maximum atomic E-state index is 12.8. The third-order valence-electron chi connectivity index (χ3n) is 5.39. The average molecular weight is 417 g/mol. The van der Waals surface area contributed by atoms with Crippen molar-refractivity contribution in [3.63, 3.8) is 0 Å². The van der Waals surface area contributed by atoms with E-state index in [9.17, 15) is 9.59 Å². The van der Waals surface area contributed by atoms with Gasteiger partial charge < -0.3 is 10.2 Å². The number of amides is 2. The number of nitrogens with one attached hydrogen (secondary N) is 1. The Morgan fingerprint density at radius 3 is 2.73 bits per heavy atom. The van der Waals surface area contributed by atoms with Gasteiger partial charge in [0.1, 0.15) is 11.0 Å². The van der Waals surface area contributed by atoms with E-state index in [0.717, 1.165) is 27.4 Å². The van der Waals surface area contributed by atoms with Crippen LogP contribution in [0.1, 0.15) is 38.0 Å². The summed E-state index contributed by atoms with van der Waals surface area (Å²) in [5, 5.41) is 3.92. The predicted molar refractivity (Wildman–Crippen MR) is 117 cm³/mol. The zero-order valence-electron chi connectivity index (χ0n) is 16.2. The number of nitrogens with zero attached hydrogens (tertiary/aromatic N) is 3. The zero-order valence-corrected chi connectivity index (χ0v) is 17.1. The van der Waals surface area contributed by atoms with Crippen LogP contribution in [0.2, 0.25) is 0 Å². The highest BCUT2D eigenvalue weighted by Crippen LogP contribution is 2.44. The minimum Gasteiger partial charge on any atom is -0.337 e. The van der Waals surface area contributed by atoms with E-state index in [0.29, 0.717) is 25.1 Å². The van der Waals surface area contributed by atoms with Crippen molar-refractivity contribution >= 4 is 34.4 Å². The second-order valence-corrected chi connectivity index (χ2v) is 8.52. The molecular formula is C23H20N4O2S. The first-order valence-electron chi connectivity index (χ1n) is 9.90. The molecular weight excluding hydrogens is 396 g/mol. The molecule has 2 amide bonds. The molecule has 0 saturated carbocycles. The van der Waals surface area contributed by atoms with Crippen LogP contribution in [0.15, 0.2) is 59.9 Å². The molecule has 30 heavy (non-hydrogen) atoms. The monoisotopic (exact) mass is 416 g/mol.